The van der Waals surface area contributed by atoms with Crippen LogP contribution in [0.15, 0.2) is 68.1 Å². The van der Waals surface area contributed by atoms with Crippen molar-refractivity contribution in [3.63, 3.8) is 0 Å². The summed E-state index contributed by atoms with van der Waals surface area (Å²) in [6.07, 6.45) is 0. The first-order chi connectivity index (χ1) is 12.8. The van der Waals surface area contributed by atoms with Crippen LogP contribution in [0.4, 0.5) is 0 Å². The minimum atomic E-state index is -0.565. The number of Topliss-reactive ketones (excluding diaryl/α,β-unsaturated/α-hetero) is 1. The molecule has 0 aromatic heterocycles. The number of rotatable bonds is 4. The van der Waals surface area contributed by atoms with Crippen molar-refractivity contribution in [1.29, 1.82) is 0 Å². The standard InChI is InChI=1S/C22H22O3S2/c1-5-25-20(24)18(19(23)14-9-7-6-8-10-14)21-26-16-12-11-15(22(2,3)4)13-17(16)27-21/h6-13H,5H2,1-4H3. The molecule has 0 spiro atoms. The second-order valence-electron chi connectivity index (χ2n) is 7.19. The van der Waals surface area contributed by atoms with Gasteiger partial charge in [-0.05, 0) is 30.0 Å². The lowest BCUT2D eigenvalue weighted by Gasteiger charge is -2.19. The maximum absolute atomic E-state index is 13.0. The van der Waals surface area contributed by atoms with Crippen LogP contribution in [-0.4, -0.2) is 18.4 Å². The Kier molecular flexibility index (Phi) is 5.82. The third-order valence-corrected chi connectivity index (χ3v) is 6.70. The van der Waals surface area contributed by atoms with Gasteiger partial charge in [-0.25, -0.2) is 4.79 Å². The minimum Gasteiger partial charge on any atom is -0.462 e. The Morgan fingerprint density at radius 2 is 1.63 bits per heavy atom. The van der Waals surface area contributed by atoms with E-state index in [0.717, 1.165) is 9.79 Å². The van der Waals surface area contributed by atoms with Crippen molar-refractivity contribution in [1.82, 2.24) is 0 Å². The highest BCUT2D eigenvalue weighted by molar-refractivity contribution is 8.24. The van der Waals surface area contributed by atoms with E-state index in [1.807, 2.05) is 6.07 Å². The smallest absolute Gasteiger partial charge is 0.343 e. The Bertz CT molecular complexity index is 909. The van der Waals surface area contributed by atoms with Gasteiger partial charge in [0.1, 0.15) is 5.57 Å². The van der Waals surface area contributed by atoms with Crippen LogP contribution < -0.4 is 0 Å². The normalized spacial score (nSPS) is 15.3. The Morgan fingerprint density at radius 3 is 2.26 bits per heavy atom. The number of hydrogen-bond donors (Lipinski definition) is 0. The molecule has 1 heterocycles. The highest BCUT2D eigenvalue weighted by atomic mass is 32.2. The predicted molar refractivity (Wildman–Crippen MR) is 111 cm³/mol. The largest absolute Gasteiger partial charge is 0.462 e. The fraction of sp³-hybridized carbons (Fsp3) is 0.273. The first kappa shape index (κ1) is 19.8. The van der Waals surface area contributed by atoms with Crippen molar-refractivity contribution in [3.05, 3.63) is 69.5 Å². The molecule has 140 valence electrons. The van der Waals surface area contributed by atoms with E-state index >= 15 is 0 Å². The van der Waals surface area contributed by atoms with Crippen molar-refractivity contribution < 1.29 is 14.3 Å². The summed E-state index contributed by atoms with van der Waals surface area (Å²) < 4.78 is 5.88. The van der Waals surface area contributed by atoms with E-state index in [-0.39, 0.29) is 23.4 Å². The van der Waals surface area contributed by atoms with Crippen molar-refractivity contribution in [2.24, 2.45) is 0 Å². The van der Waals surface area contributed by atoms with Crippen LogP contribution in [0.25, 0.3) is 0 Å². The van der Waals surface area contributed by atoms with Crippen molar-refractivity contribution in [2.45, 2.75) is 42.9 Å². The molecule has 0 radical (unpaired) electrons. The zero-order valence-electron chi connectivity index (χ0n) is 15.9. The van der Waals surface area contributed by atoms with Gasteiger partial charge in [-0.15, -0.1) is 0 Å². The number of carbonyl (C=O) groups excluding carboxylic acids is 2. The summed E-state index contributed by atoms with van der Waals surface area (Å²) in [6.45, 7) is 8.48. The van der Waals surface area contributed by atoms with Crippen molar-refractivity contribution >= 4 is 35.3 Å². The van der Waals surface area contributed by atoms with E-state index < -0.39 is 5.97 Å². The van der Waals surface area contributed by atoms with Gasteiger partial charge >= 0.3 is 5.97 Å². The van der Waals surface area contributed by atoms with Crippen LogP contribution in [0.1, 0.15) is 43.6 Å². The second kappa shape index (κ2) is 7.95. The van der Waals surface area contributed by atoms with E-state index in [1.165, 1.54) is 29.1 Å². The maximum atomic E-state index is 13.0. The molecule has 27 heavy (non-hydrogen) atoms. The summed E-state index contributed by atoms with van der Waals surface area (Å²) >= 11 is 2.93. The van der Waals surface area contributed by atoms with Gasteiger partial charge in [-0.1, -0.05) is 80.7 Å². The molecule has 2 aromatic carbocycles. The fourth-order valence-electron chi connectivity index (χ4n) is 2.67. The molecule has 3 nitrogen and oxygen atoms in total. The second-order valence-corrected chi connectivity index (χ2v) is 9.56. The van der Waals surface area contributed by atoms with E-state index in [9.17, 15) is 9.59 Å². The Morgan fingerprint density at radius 1 is 0.963 bits per heavy atom. The molecule has 0 fully saturated rings. The zero-order chi connectivity index (χ0) is 19.6. The lowest BCUT2D eigenvalue weighted by molar-refractivity contribution is -0.138. The minimum absolute atomic E-state index is 0.0382. The summed E-state index contributed by atoms with van der Waals surface area (Å²) in [5.74, 6) is -0.863. The molecule has 0 saturated carbocycles. The predicted octanol–water partition coefficient (Wildman–Crippen LogP) is 5.84. The van der Waals surface area contributed by atoms with Crippen LogP contribution in [0.2, 0.25) is 0 Å². The molecular formula is C22H22O3S2. The van der Waals surface area contributed by atoms with Gasteiger partial charge in [-0.3, -0.25) is 4.79 Å². The van der Waals surface area contributed by atoms with Gasteiger partial charge in [0, 0.05) is 15.4 Å². The molecule has 0 N–H and O–H groups in total. The molecule has 0 amide bonds. The average molecular weight is 399 g/mol. The number of hydrogen-bond acceptors (Lipinski definition) is 5. The number of thioether (sulfide) groups is 2. The van der Waals surface area contributed by atoms with Crippen molar-refractivity contribution in [2.75, 3.05) is 6.61 Å². The van der Waals surface area contributed by atoms with Gasteiger partial charge in [0.15, 0.2) is 0 Å². The number of benzene rings is 2. The SMILES string of the molecule is CCOC(=O)C(C(=O)c1ccccc1)=C1Sc2ccc(C(C)(C)C)cc2S1. The molecule has 0 aliphatic carbocycles. The van der Waals surface area contributed by atoms with Crippen molar-refractivity contribution in [3.8, 4) is 0 Å². The molecular weight excluding hydrogens is 376 g/mol. The third-order valence-electron chi connectivity index (χ3n) is 4.16. The zero-order valence-corrected chi connectivity index (χ0v) is 17.5. The molecule has 0 unspecified atom stereocenters. The molecule has 0 atom stereocenters. The van der Waals surface area contributed by atoms with Crippen LogP contribution in [-0.2, 0) is 14.9 Å². The Hall–Kier alpha value is -1.98. The molecule has 3 rings (SSSR count). The third kappa shape index (κ3) is 4.30. The van der Waals surface area contributed by atoms with Crippen LogP contribution in [0.5, 0.6) is 0 Å². The Balaban J connectivity index is 2.02. The molecule has 5 heteroatoms. The maximum Gasteiger partial charge on any atom is 0.343 e. The molecule has 0 bridgehead atoms. The fourth-order valence-corrected chi connectivity index (χ4v) is 5.23. The van der Waals surface area contributed by atoms with Gasteiger partial charge in [-0.2, -0.15) is 0 Å². The molecule has 1 aliphatic rings. The van der Waals surface area contributed by atoms with E-state index in [2.05, 4.69) is 39.0 Å². The lowest BCUT2D eigenvalue weighted by Crippen LogP contribution is -2.17. The highest BCUT2D eigenvalue weighted by Gasteiger charge is 2.31. The van der Waals surface area contributed by atoms with Crippen LogP contribution in [0, 0.1) is 0 Å². The molecule has 2 aromatic rings. The first-order valence-electron chi connectivity index (χ1n) is 8.82. The number of fused-ring (bicyclic) bond motifs is 1. The topological polar surface area (TPSA) is 43.4 Å². The number of esters is 1. The number of ether oxygens (including phenoxy) is 1. The molecule has 1 aliphatic heterocycles. The van der Waals surface area contributed by atoms with E-state index in [1.54, 1.807) is 31.2 Å². The summed E-state index contributed by atoms with van der Waals surface area (Å²) in [5.41, 5.74) is 1.87. The highest BCUT2D eigenvalue weighted by Crippen LogP contribution is 2.53. The summed E-state index contributed by atoms with van der Waals surface area (Å²) in [4.78, 5) is 27.8. The van der Waals surface area contributed by atoms with Gasteiger partial charge in [0.25, 0.3) is 0 Å². The van der Waals surface area contributed by atoms with Crippen LogP contribution >= 0.6 is 23.5 Å². The van der Waals surface area contributed by atoms with Gasteiger partial charge in [0.05, 0.1) is 10.8 Å². The van der Waals surface area contributed by atoms with Gasteiger partial charge in [0.2, 0.25) is 5.78 Å². The number of ketones is 1. The van der Waals surface area contributed by atoms with E-state index in [0.29, 0.717) is 9.80 Å². The average Bonchev–Trinajstić information content (AvgIpc) is 3.04. The lowest BCUT2D eigenvalue weighted by atomic mass is 9.87. The molecule has 0 saturated heterocycles. The van der Waals surface area contributed by atoms with Crippen LogP contribution in [0.3, 0.4) is 0 Å². The quantitative estimate of drug-likeness (QED) is 0.213. The Labute approximate surface area is 168 Å². The van der Waals surface area contributed by atoms with Gasteiger partial charge < -0.3 is 4.74 Å². The first-order valence-corrected chi connectivity index (χ1v) is 10.5. The summed E-state index contributed by atoms with van der Waals surface area (Å²) in [6, 6.07) is 15.2. The van der Waals surface area contributed by atoms with E-state index in [4.69, 9.17) is 4.74 Å². The number of carbonyl (C=O) groups is 2. The monoisotopic (exact) mass is 398 g/mol. The summed E-state index contributed by atoms with van der Waals surface area (Å²) in [5, 5.41) is 0. The summed E-state index contributed by atoms with van der Waals surface area (Å²) in [7, 11) is 0.